The van der Waals surface area contributed by atoms with Crippen LogP contribution in [0.2, 0.25) is 5.02 Å². The third kappa shape index (κ3) is 4.74. The van der Waals surface area contributed by atoms with Crippen LogP contribution in [0.15, 0.2) is 91.1 Å². The maximum absolute atomic E-state index is 13.0. The summed E-state index contributed by atoms with van der Waals surface area (Å²) in [7, 11) is 0. The van der Waals surface area contributed by atoms with E-state index in [1.807, 2.05) is 24.3 Å². The fourth-order valence-electron chi connectivity index (χ4n) is 3.67. The number of halogens is 4. The number of fused-ring (bicyclic) bond motifs is 1. The second-order valence-corrected chi connectivity index (χ2v) is 8.19. The number of nitrogens with one attached hydrogen (secondary N) is 1. The molecule has 0 saturated heterocycles. The van der Waals surface area contributed by atoms with Crippen LogP contribution in [0.3, 0.4) is 0 Å². The molecule has 1 amide bonds. The third-order valence-electron chi connectivity index (χ3n) is 5.37. The van der Waals surface area contributed by atoms with Crippen molar-refractivity contribution in [2.75, 3.05) is 5.32 Å². The van der Waals surface area contributed by atoms with E-state index in [2.05, 4.69) is 15.4 Å². The fraction of sp³-hybridized carbons (Fsp3) is 0.0385. The minimum atomic E-state index is -4.53. The SMILES string of the molecule is O=C(Nc1cccc(-c2ccnc3cc(-c4ccc(Cl)cc4)nn23)c1)c1cccc(C(F)(F)F)c1. The number of carbonyl (C=O) groups excluding carboxylic acids is 1. The van der Waals surface area contributed by atoms with Crippen LogP contribution in [0, 0.1) is 0 Å². The number of nitrogens with zero attached hydrogens (tertiary/aromatic N) is 3. The largest absolute Gasteiger partial charge is 0.416 e. The molecule has 5 nitrogen and oxygen atoms in total. The number of amides is 1. The smallest absolute Gasteiger partial charge is 0.322 e. The molecule has 0 saturated carbocycles. The number of alkyl halides is 3. The van der Waals surface area contributed by atoms with Crippen molar-refractivity contribution < 1.29 is 18.0 Å². The summed E-state index contributed by atoms with van der Waals surface area (Å²) >= 11 is 5.98. The van der Waals surface area contributed by atoms with Crippen LogP contribution in [-0.4, -0.2) is 20.5 Å². The van der Waals surface area contributed by atoms with E-state index in [1.165, 1.54) is 12.1 Å². The number of benzene rings is 3. The van der Waals surface area contributed by atoms with Crippen LogP contribution < -0.4 is 5.32 Å². The van der Waals surface area contributed by atoms with E-state index >= 15 is 0 Å². The van der Waals surface area contributed by atoms with E-state index in [4.69, 9.17) is 11.6 Å². The Kier molecular flexibility index (Phi) is 5.74. The zero-order valence-electron chi connectivity index (χ0n) is 17.9. The van der Waals surface area contributed by atoms with Gasteiger partial charge in [0.2, 0.25) is 0 Å². The van der Waals surface area contributed by atoms with Crippen LogP contribution in [0.5, 0.6) is 0 Å². The first-order chi connectivity index (χ1) is 16.8. The van der Waals surface area contributed by atoms with E-state index in [-0.39, 0.29) is 5.56 Å². The molecule has 0 atom stereocenters. The van der Waals surface area contributed by atoms with Crippen LogP contribution >= 0.6 is 11.6 Å². The Morgan fingerprint density at radius 1 is 0.886 bits per heavy atom. The first kappa shape index (κ1) is 22.6. The third-order valence-corrected chi connectivity index (χ3v) is 5.62. The van der Waals surface area contributed by atoms with E-state index in [0.29, 0.717) is 16.4 Å². The molecule has 174 valence electrons. The first-order valence-corrected chi connectivity index (χ1v) is 10.9. The van der Waals surface area contributed by atoms with E-state index in [9.17, 15) is 18.0 Å². The zero-order valence-corrected chi connectivity index (χ0v) is 18.7. The van der Waals surface area contributed by atoms with Crippen molar-refractivity contribution >= 4 is 28.8 Å². The highest BCUT2D eigenvalue weighted by Gasteiger charge is 2.30. The molecule has 3 aromatic carbocycles. The summed E-state index contributed by atoms with van der Waals surface area (Å²) in [6, 6.07) is 22.2. The minimum absolute atomic E-state index is 0.0868. The van der Waals surface area contributed by atoms with Gasteiger partial charge in [-0.05, 0) is 48.5 Å². The van der Waals surface area contributed by atoms with Gasteiger partial charge in [-0.2, -0.15) is 18.3 Å². The molecule has 0 aliphatic rings. The van der Waals surface area contributed by atoms with Gasteiger partial charge in [0.1, 0.15) is 0 Å². The molecular weight excluding hydrogens is 477 g/mol. The number of aromatic nitrogens is 3. The molecule has 0 aliphatic heterocycles. The highest BCUT2D eigenvalue weighted by atomic mass is 35.5. The number of anilines is 1. The zero-order chi connectivity index (χ0) is 24.6. The second kappa shape index (κ2) is 8.88. The lowest BCUT2D eigenvalue weighted by atomic mass is 10.1. The highest BCUT2D eigenvalue weighted by molar-refractivity contribution is 6.30. The summed E-state index contributed by atoms with van der Waals surface area (Å²) < 4.78 is 40.7. The van der Waals surface area contributed by atoms with Crippen molar-refractivity contribution in [2.45, 2.75) is 6.18 Å². The van der Waals surface area contributed by atoms with Crippen molar-refractivity contribution in [3.8, 4) is 22.5 Å². The van der Waals surface area contributed by atoms with Gasteiger partial charge in [0.05, 0.1) is 17.0 Å². The maximum atomic E-state index is 13.0. The maximum Gasteiger partial charge on any atom is 0.416 e. The molecule has 0 fully saturated rings. The average molecular weight is 493 g/mol. The van der Waals surface area contributed by atoms with Gasteiger partial charge in [0.25, 0.3) is 5.91 Å². The standard InChI is InChI=1S/C26H16ClF3N4O/c27-20-9-7-16(8-10-20)22-15-24-31-12-11-23(34(24)33-22)17-3-2-6-21(14-17)32-25(35)18-4-1-5-19(13-18)26(28,29)30/h1-15H,(H,32,35). The summed E-state index contributed by atoms with van der Waals surface area (Å²) in [6.45, 7) is 0. The van der Waals surface area contributed by atoms with Gasteiger partial charge < -0.3 is 5.32 Å². The Morgan fingerprint density at radius 3 is 2.43 bits per heavy atom. The van der Waals surface area contributed by atoms with Crippen LogP contribution in [0.25, 0.3) is 28.2 Å². The van der Waals surface area contributed by atoms with E-state index in [1.54, 1.807) is 47.1 Å². The van der Waals surface area contributed by atoms with Crippen molar-refractivity contribution in [1.82, 2.24) is 14.6 Å². The molecular formula is C26H16ClF3N4O. The molecule has 35 heavy (non-hydrogen) atoms. The molecule has 0 aliphatic carbocycles. The summed E-state index contributed by atoms with van der Waals surface area (Å²) in [4.78, 5) is 17.0. The molecule has 2 aromatic heterocycles. The number of hydrogen-bond acceptors (Lipinski definition) is 3. The quantitative estimate of drug-likeness (QED) is 0.294. The van der Waals surface area contributed by atoms with Crippen molar-refractivity contribution in [2.24, 2.45) is 0 Å². The predicted molar refractivity (Wildman–Crippen MR) is 128 cm³/mol. The van der Waals surface area contributed by atoms with Crippen molar-refractivity contribution in [3.63, 3.8) is 0 Å². The molecule has 0 bridgehead atoms. The first-order valence-electron chi connectivity index (χ1n) is 10.5. The van der Waals surface area contributed by atoms with Crippen molar-refractivity contribution in [3.05, 3.63) is 107 Å². The molecule has 5 rings (SSSR count). The normalized spacial score (nSPS) is 11.5. The lowest BCUT2D eigenvalue weighted by Crippen LogP contribution is -2.14. The van der Waals surface area contributed by atoms with E-state index in [0.717, 1.165) is 34.6 Å². The molecule has 2 heterocycles. The molecule has 5 aromatic rings. The van der Waals surface area contributed by atoms with Gasteiger partial charge in [-0.15, -0.1) is 0 Å². The predicted octanol–water partition coefficient (Wildman–Crippen LogP) is 6.99. The van der Waals surface area contributed by atoms with Gasteiger partial charge in [-0.1, -0.05) is 41.9 Å². The number of hydrogen-bond donors (Lipinski definition) is 1. The fourth-order valence-corrected chi connectivity index (χ4v) is 3.80. The lowest BCUT2D eigenvalue weighted by Gasteiger charge is -2.11. The molecule has 0 unspecified atom stereocenters. The second-order valence-electron chi connectivity index (χ2n) is 7.75. The van der Waals surface area contributed by atoms with Crippen molar-refractivity contribution in [1.29, 1.82) is 0 Å². The van der Waals surface area contributed by atoms with Gasteiger partial charge >= 0.3 is 6.18 Å². The highest BCUT2D eigenvalue weighted by Crippen LogP contribution is 2.30. The van der Waals surface area contributed by atoms with Crippen LogP contribution in [-0.2, 0) is 6.18 Å². The minimum Gasteiger partial charge on any atom is -0.322 e. The molecule has 9 heteroatoms. The average Bonchev–Trinajstić information content (AvgIpc) is 3.29. The molecule has 1 N–H and O–H groups in total. The Hall–Kier alpha value is -4.17. The summed E-state index contributed by atoms with van der Waals surface area (Å²) in [6.07, 6.45) is -2.87. The molecule has 0 radical (unpaired) electrons. The van der Waals surface area contributed by atoms with E-state index < -0.39 is 17.6 Å². The Bertz CT molecular complexity index is 1540. The number of rotatable bonds is 4. The number of carbonyl (C=O) groups is 1. The Morgan fingerprint density at radius 2 is 1.66 bits per heavy atom. The Balaban J connectivity index is 1.45. The van der Waals surface area contributed by atoms with Gasteiger partial charge in [-0.3, -0.25) is 4.79 Å². The summed E-state index contributed by atoms with van der Waals surface area (Å²) in [5.41, 5.74) is 3.16. The summed E-state index contributed by atoms with van der Waals surface area (Å²) in [5, 5.41) is 7.97. The van der Waals surface area contributed by atoms with Crippen LogP contribution in [0.4, 0.5) is 18.9 Å². The molecule has 0 spiro atoms. The van der Waals surface area contributed by atoms with Gasteiger partial charge in [0, 0.05) is 39.7 Å². The topological polar surface area (TPSA) is 59.3 Å². The summed E-state index contributed by atoms with van der Waals surface area (Å²) in [5.74, 6) is -0.641. The Labute approximate surface area is 202 Å². The van der Waals surface area contributed by atoms with Gasteiger partial charge in [0.15, 0.2) is 5.65 Å². The monoisotopic (exact) mass is 492 g/mol. The lowest BCUT2D eigenvalue weighted by molar-refractivity contribution is -0.137. The van der Waals surface area contributed by atoms with Crippen LogP contribution in [0.1, 0.15) is 15.9 Å². The van der Waals surface area contributed by atoms with Gasteiger partial charge in [-0.25, -0.2) is 9.50 Å².